The Balaban J connectivity index is 1.91. The van der Waals surface area contributed by atoms with E-state index < -0.39 is 0 Å². The minimum atomic E-state index is 0.233. The summed E-state index contributed by atoms with van der Waals surface area (Å²) in [7, 11) is 0. The molecule has 3 nitrogen and oxygen atoms in total. The van der Waals surface area contributed by atoms with Gasteiger partial charge >= 0.3 is 0 Å². The summed E-state index contributed by atoms with van der Waals surface area (Å²) in [4.78, 5) is 2.74. The zero-order chi connectivity index (χ0) is 13.8. The summed E-state index contributed by atoms with van der Waals surface area (Å²) in [6.07, 6.45) is 9.29. The van der Waals surface area contributed by atoms with Crippen LogP contribution in [-0.2, 0) is 0 Å². The number of benzene rings is 1. The average molecular weight is 273 g/mol. The van der Waals surface area contributed by atoms with E-state index in [2.05, 4.69) is 40.7 Å². The zero-order valence-electron chi connectivity index (χ0n) is 12.4. The first kappa shape index (κ1) is 14.1. The molecule has 1 heterocycles. The topological polar surface area (TPSA) is 41.3 Å². The van der Waals surface area contributed by atoms with E-state index in [9.17, 15) is 0 Å². The van der Waals surface area contributed by atoms with Gasteiger partial charge in [0.1, 0.15) is 0 Å². The Morgan fingerprint density at radius 2 is 1.60 bits per heavy atom. The largest absolute Gasteiger partial charge is 0.296 e. The molecular weight excluding hydrogens is 246 g/mol. The van der Waals surface area contributed by atoms with Crippen molar-refractivity contribution >= 4 is 0 Å². The monoisotopic (exact) mass is 273 g/mol. The van der Waals surface area contributed by atoms with E-state index in [1.807, 2.05) is 0 Å². The molecule has 110 valence electrons. The van der Waals surface area contributed by atoms with Crippen molar-refractivity contribution in [1.29, 1.82) is 0 Å². The lowest BCUT2D eigenvalue weighted by molar-refractivity contribution is 0.0360. The van der Waals surface area contributed by atoms with Crippen LogP contribution in [0, 0.1) is 0 Å². The number of hydrazine groups is 1. The Morgan fingerprint density at radius 3 is 2.20 bits per heavy atom. The molecule has 1 unspecified atom stereocenters. The Kier molecular flexibility index (Phi) is 4.39. The summed E-state index contributed by atoms with van der Waals surface area (Å²) in [5, 5.41) is 0. The second kappa shape index (κ2) is 6.25. The highest BCUT2D eigenvalue weighted by molar-refractivity contribution is 5.24. The molecule has 1 saturated carbocycles. The van der Waals surface area contributed by atoms with Gasteiger partial charge in [0.25, 0.3) is 0 Å². The van der Waals surface area contributed by atoms with Crippen LogP contribution in [0.5, 0.6) is 0 Å². The van der Waals surface area contributed by atoms with Crippen LogP contribution >= 0.6 is 0 Å². The van der Waals surface area contributed by atoms with Crippen molar-refractivity contribution in [3.63, 3.8) is 0 Å². The Bertz CT molecular complexity index is 406. The van der Waals surface area contributed by atoms with Crippen molar-refractivity contribution in [3.8, 4) is 0 Å². The minimum Gasteiger partial charge on any atom is -0.296 e. The highest BCUT2D eigenvalue weighted by Crippen LogP contribution is 2.45. The number of nitrogens with zero attached hydrogens (tertiary/aromatic N) is 1. The van der Waals surface area contributed by atoms with E-state index in [1.165, 1.54) is 63.6 Å². The number of hydrogen-bond donors (Lipinski definition) is 2. The molecule has 2 fully saturated rings. The predicted molar refractivity (Wildman–Crippen MR) is 83.1 cm³/mol. The highest BCUT2D eigenvalue weighted by atomic mass is 15.3. The minimum absolute atomic E-state index is 0.233. The molecule has 0 radical (unpaired) electrons. The molecule has 3 heteroatoms. The van der Waals surface area contributed by atoms with Gasteiger partial charge in [-0.05, 0) is 44.3 Å². The Hall–Kier alpha value is -0.900. The molecular formula is C17H27N3. The third-order valence-corrected chi connectivity index (χ3v) is 5.29. The van der Waals surface area contributed by atoms with Crippen LogP contribution in [0.4, 0.5) is 0 Å². The smallest absolute Gasteiger partial charge is 0.0643 e. The summed E-state index contributed by atoms with van der Waals surface area (Å²) < 4.78 is 0. The SMILES string of the molecule is NNC(c1ccccc1)C1(N2CCCCC2)CCCC1. The van der Waals surface area contributed by atoms with E-state index in [-0.39, 0.29) is 11.6 Å². The summed E-state index contributed by atoms with van der Waals surface area (Å²) >= 11 is 0. The molecule has 0 spiro atoms. The van der Waals surface area contributed by atoms with Gasteiger partial charge in [-0.25, -0.2) is 0 Å². The second-order valence-corrected chi connectivity index (χ2v) is 6.37. The molecule has 1 aromatic carbocycles. The molecule has 1 aliphatic carbocycles. The Morgan fingerprint density at radius 1 is 0.950 bits per heavy atom. The van der Waals surface area contributed by atoms with Gasteiger partial charge in [0, 0.05) is 5.54 Å². The molecule has 20 heavy (non-hydrogen) atoms. The van der Waals surface area contributed by atoms with Crippen LogP contribution in [0.15, 0.2) is 30.3 Å². The van der Waals surface area contributed by atoms with Crippen molar-refractivity contribution < 1.29 is 0 Å². The second-order valence-electron chi connectivity index (χ2n) is 6.37. The predicted octanol–water partition coefficient (Wildman–Crippen LogP) is 2.99. The standard InChI is InChI=1S/C17H27N3/c18-19-16(15-9-3-1-4-10-15)17(11-5-6-12-17)20-13-7-2-8-14-20/h1,3-4,9-10,16,19H,2,5-8,11-14,18H2. The van der Waals surface area contributed by atoms with Gasteiger partial charge in [-0.2, -0.15) is 0 Å². The third kappa shape index (κ3) is 2.50. The Labute approximate surface area is 122 Å². The van der Waals surface area contributed by atoms with E-state index in [0.29, 0.717) is 0 Å². The van der Waals surface area contributed by atoms with Crippen LogP contribution in [0.3, 0.4) is 0 Å². The molecule has 0 bridgehead atoms. The van der Waals surface area contributed by atoms with Crippen molar-refractivity contribution in [2.75, 3.05) is 13.1 Å². The number of nitrogens with one attached hydrogen (secondary N) is 1. The average Bonchev–Trinajstić information content (AvgIpc) is 3.01. The van der Waals surface area contributed by atoms with Crippen LogP contribution < -0.4 is 11.3 Å². The maximum absolute atomic E-state index is 6.00. The summed E-state index contributed by atoms with van der Waals surface area (Å²) in [6, 6.07) is 11.0. The van der Waals surface area contributed by atoms with Gasteiger partial charge in [-0.1, -0.05) is 49.6 Å². The summed E-state index contributed by atoms with van der Waals surface area (Å²) in [6.45, 7) is 2.48. The number of nitrogens with two attached hydrogens (primary N) is 1. The summed E-state index contributed by atoms with van der Waals surface area (Å²) in [5.41, 5.74) is 4.73. The van der Waals surface area contributed by atoms with Gasteiger partial charge in [0.15, 0.2) is 0 Å². The molecule has 1 aromatic rings. The molecule has 2 aliphatic rings. The van der Waals surface area contributed by atoms with Crippen molar-refractivity contribution in [2.24, 2.45) is 5.84 Å². The first-order valence-corrected chi connectivity index (χ1v) is 8.13. The molecule has 3 N–H and O–H groups in total. The quantitative estimate of drug-likeness (QED) is 0.654. The van der Waals surface area contributed by atoms with Gasteiger partial charge in [0.05, 0.1) is 6.04 Å². The summed E-state index contributed by atoms with van der Waals surface area (Å²) in [5.74, 6) is 6.00. The van der Waals surface area contributed by atoms with E-state index in [0.717, 1.165) is 0 Å². The first-order valence-electron chi connectivity index (χ1n) is 8.13. The van der Waals surface area contributed by atoms with Crippen molar-refractivity contribution in [1.82, 2.24) is 10.3 Å². The lowest BCUT2D eigenvalue weighted by Crippen LogP contribution is -2.57. The fourth-order valence-corrected chi connectivity index (χ4v) is 4.32. The maximum atomic E-state index is 6.00. The molecule has 1 atom stereocenters. The van der Waals surface area contributed by atoms with E-state index in [1.54, 1.807) is 0 Å². The third-order valence-electron chi connectivity index (χ3n) is 5.29. The lowest BCUT2D eigenvalue weighted by atomic mass is 9.81. The van der Waals surface area contributed by atoms with Gasteiger partial charge in [0.2, 0.25) is 0 Å². The molecule has 1 saturated heterocycles. The van der Waals surface area contributed by atoms with Gasteiger partial charge < -0.3 is 0 Å². The first-order chi connectivity index (χ1) is 9.87. The number of rotatable bonds is 4. The van der Waals surface area contributed by atoms with Crippen LogP contribution in [0.2, 0.25) is 0 Å². The fraction of sp³-hybridized carbons (Fsp3) is 0.647. The van der Waals surface area contributed by atoms with Gasteiger partial charge in [-0.3, -0.25) is 16.2 Å². The van der Waals surface area contributed by atoms with Crippen LogP contribution in [0.25, 0.3) is 0 Å². The number of hydrogen-bond acceptors (Lipinski definition) is 3. The normalized spacial score (nSPS) is 24.6. The lowest BCUT2D eigenvalue weighted by Gasteiger charge is -2.48. The van der Waals surface area contributed by atoms with E-state index >= 15 is 0 Å². The van der Waals surface area contributed by atoms with E-state index in [4.69, 9.17) is 5.84 Å². The molecule has 3 rings (SSSR count). The molecule has 1 aliphatic heterocycles. The maximum Gasteiger partial charge on any atom is 0.0643 e. The number of piperidine rings is 1. The molecule has 0 aromatic heterocycles. The number of likely N-dealkylation sites (tertiary alicyclic amines) is 1. The van der Waals surface area contributed by atoms with Crippen molar-refractivity contribution in [2.45, 2.75) is 56.5 Å². The van der Waals surface area contributed by atoms with Gasteiger partial charge in [-0.15, -0.1) is 0 Å². The fourth-order valence-electron chi connectivity index (χ4n) is 4.32. The zero-order valence-corrected chi connectivity index (χ0v) is 12.4. The molecule has 0 amide bonds. The van der Waals surface area contributed by atoms with Crippen LogP contribution in [0.1, 0.15) is 56.6 Å². The van der Waals surface area contributed by atoms with Crippen molar-refractivity contribution in [3.05, 3.63) is 35.9 Å². The van der Waals surface area contributed by atoms with Crippen LogP contribution in [-0.4, -0.2) is 23.5 Å². The highest BCUT2D eigenvalue weighted by Gasteiger charge is 2.46.